The average molecular weight is 293 g/mol. The summed E-state index contributed by atoms with van der Waals surface area (Å²) in [7, 11) is 0. The Morgan fingerprint density at radius 1 is 1.29 bits per heavy atom. The van der Waals surface area contributed by atoms with Gasteiger partial charge in [0.1, 0.15) is 0 Å². The van der Waals surface area contributed by atoms with Gasteiger partial charge in [0, 0.05) is 9.86 Å². The molecule has 1 unspecified atom stereocenters. The molecule has 1 aromatic carbocycles. The Morgan fingerprint density at radius 2 is 2.06 bits per heavy atom. The van der Waals surface area contributed by atoms with E-state index in [1.165, 1.54) is 5.39 Å². The lowest BCUT2D eigenvalue weighted by atomic mass is 10.1. The van der Waals surface area contributed by atoms with Crippen molar-refractivity contribution in [1.29, 1.82) is 0 Å². The fourth-order valence-corrected chi connectivity index (χ4v) is 2.64. The number of pyridine rings is 1. The summed E-state index contributed by atoms with van der Waals surface area (Å²) < 4.78 is 1.09. The number of para-hydroxylation sites is 1. The van der Waals surface area contributed by atoms with E-state index < -0.39 is 0 Å². The maximum atomic E-state index is 4.76. The van der Waals surface area contributed by atoms with Gasteiger partial charge in [-0.15, -0.1) is 0 Å². The van der Waals surface area contributed by atoms with Crippen molar-refractivity contribution in [3.63, 3.8) is 0 Å². The lowest BCUT2D eigenvalue weighted by molar-refractivity contribution is 0.524. The van der Waals surface area contributed by atoms with E-state index in [0.717, 1.165) is 28.6 Å². The van der Waals surface area contributed by atoms with Crippen molar-refractivity contribution < 1.29 is 0 Å². The fraction of sp³-hybridized carbons (Fsp3) is 0.357. The van der Waals surface area contributed by atoms with Gasteiger partial charge in [-0.2, -0.15) is 0 Å². The highest BCUT2D eigenvalue weighted by atomic mass is 79.9. The van der Waals surface area contributed by atoms with Gasteiger partial charge in [0.15, 0.2) is 0 Å². The van der Waals surface area contributed by atoms with Crippen LogP contribution in [0, 0.1) is 0 Å². The largest absolute Gasteiger partial charge is 0.309 e. The molecule has 0 aliphatic heterocycles. The van der Waals surface area contributed by atoms with Gasteiger partial charge in [-0.1, -0.05) is 32.0 Å². The normalized spacial score (nSPS) is 12.9. The second-order valence-corrected chi connectivity index (χ2v) is 4.92. The Kier molecular flexibility index (Phi) is 4.13. The summed E-state index contributed by atoms with van der Waals surface area (Å²) in [6.45, 7) is 5.26. The number of hydrogen-bond donors (Lipinski definition) is 1. The number of nitrogens with one attached hydrogen (secondary N) is 1. The summed E-state index contributed by atoms with van der Waals surface area (Å²) in [4.78, 5) is 4.76. The van der Waals surface area contributed by atoms with Gasteiger partial charge in [0.05, 0.1) is 17.3 Å². The van der Waals surface area contributed by atoms with Gasteiger partial charge in [0.25, 0.3) is 0 Å². The highest BCUT2D eigenvalue weighted by Gasteiger charge is 2.13. The topological polar surface area (TPSA) is 24.9 Å². The summed E-state index contributed by atoms with van der Waals surface area (Å²) in [6.07, 6.45) is 1.04. The standard InChI is InChI=1S/C14H17BrN2/c1-3-12(16-4-2)14-11(15)9-10-7-5-6-8-13(10)17-14/h5-9,12,16H,3-4H2,1-2H3. The lowest BCUT2D eigenvalue weighted by Crippen LogP contribution is -2.21. The number of rotatable bonds is 4. The van der Waals surface area contributed by atoms with Crippen LogP contribution in [0.25, 0.3) is 10.9 Å². The lowest BCUT2D eigenvalue weighted by Gasteiger charge is -2.17. The highest BCUT2D eigenvalue weighted by Crippen LogP contribution is 2.27. The number of halogens is 1. The van der Waals surface area contributed by atoms with Crippen LogP contribution in [-0.2, 0) is 0 Å². The predicted octanol–water partition coefficient (Wildman–Crippen LogP) is 4.06. The van der Waals surface area contributed by atoms with Crippen LogP contribution in [-0.4, -0.2) is 11.5 Å². The molecule has 1 aromatic heterocycles. The SMILES string of the molecule is CCNC(CC)c1nc2ccccc2cc1Br. The summed E-state index contributed by atoms with van der Waals surface area (Å²) in [5, 5.41) is 4.64. The first kappa shape index (κ1) is 12.5. The van der Waals surface area contributed by atoms with Gasteiger partial charge in [-0.05, 0) is 41.0 Å². The molecule has 1 N–H and O–H groups in total. The van der Waals surface area contributed by atoms with Crippen LogP contribution in [0.5, 0.6) is 0 Å². The minimum absolute atomic E-state index is 0.319. The molecule has 2 nitrogen and oxygen atoms in total. The van der Waals surface area contributed by atoms with Crippen LogP contribution in [0.3, 0.4) is 0 Å². The second kappa shape index (κ2) is 5.61. The third kappa shape index (κ3) is 2.67. The summed E-state index contributed by atoms with van der Waals surface area (Å²) in [6, 6.07) is 10.7. The molecule has 0 amide bonds. The molecule has 0 saturated carbocycles. The first-order valence-electron chi connectivity index (χ1n) is 6.04. The van der Waals surface area contributed by atoms with E-state index in [9.17, 15) is 0 Å². The zero-order chi connectivity index (χ0) is 12.3. The fourth-order valence-electron chi connectivity index (χ4n) is 2.03. The monoisotopic (exact) mass is 292 g/mol. The zero-order valence-corrected chi connectivity index (χ0v) is 11.8. The molecule has 0 spiro atoms. The van der Waals surface area contributed by atoms with Crippen LogP contribution in [0.15, 0.2) is 34.8 Å². The third-order valence-corrected chi connectivity index (χ3v) is 3.53. The van der Waals surface area contributed by atoms with Crippen molar-refractivity contribution in [2.24, 2.45) is 0 Å². The second-order valence-electron chi connectivity index (χ2n) is 4.07. The number of hydrogen-bond acceptors (Lipinski definition) is 2. The van der Waals surface area contributed by atoms with Crippen molar-refractivity contribution in [1.82, 2.24) is 10.3 Å². The first-order valence-corrected chi connectivity index (χ1v) is 6.84. The molecule has 0 fully saturated rings. The van der Waals surface area contributed by atoms with E-state index in [4.69, 9.17) is 4.98 Å². The Hall–Kier alpha value is -0.930. The molecule has 0 saturated heterocycles. The molecule has 17 heavy (non-hydrogen) atoms. The quantitative estimate of drug-likeness (QED) is 0.919. The number of aromatic nitrogens is 1. The van der Waals surface area contributed by atoms with Crippen molar-refractivity contribution in [2.45, 2.75) is 26.3 Å². The molecule has 0 aliphatic rings. The molecule has 2 rings (SSSR count). The van der Waals surface area contributed by atoms with Gasteiger partial charge < -0.3 is 5.32 Å². The van der Waals surface area contributed by atoms with Gasteiger partial charge in [-0.3, -0.25) is 0 Å². The Bertz CT molecular complexity index is 511. The average Bonchev–Trinajstić information content (AvgIpc) is 2.35. The molecule has 0 aliphatic carbocycles. The van der Waals surface area contributed by atoms with E-state index in [1.807, 2.05) is 12.1 Å². The predicted molar refractivity (Wildman–Crippen MR) is 76.2 cm³/mol. The maximum Gasteiger partial charge on any atom is 0.0722 e. The minimum atomic E-state index is 0.319. The third-order valence-electron chi connectivity index (χ3n) is 2.89. The van der Waals surface area contributed by atoms with Crippen molar-refractivity contribution in [3.05, 3.63) is 40.5 Å². The minimum Gasteiger partial charge on any atom is -0.309 e. The van der Waals surface area contributed by atoms with E-state index in [-0.39, 0.29) is 0 Å². The first-order chi connectivity index (χ1) is 8.26. The summed E-state index contributed by atoms with van der Waals surface area (Å²) >= 11 is 3.63. The Balaban J connectivity index is 2.49. The smallest absolute Gasteiger partial charge is 0.0722 e. The van der Waals surface area contributed by atoms with Crippen LogP contribution in [0.4, 0.5) is 0 Å². The number of fused-ring (bicyclic) bond motifs is 1. The highest BCUT2D eigenvalue weighted by molar-refractivity contribution is 9.10. The summed E-state index contributed by atoms with van der Waals surface area (Å²) in [5.41, 5.74) is 2.16. The molecule has 1 atom stereocenters. The van der Waals surface area contributed by atoms with E-state index >= 15 is 0 Å². The van der Waals surface area contributed by atoms with Gasteiger partial charge in [-0.25, -0.2) is 4.98 Å². The van der Waals surface area contributed by atoms with Crippen molar-refractivity contribution in [2.75, 3.05) is 6.54 Å². The molecule has 2 aromatic rings. The Morgan fingerprint density at radius 3 is 2.76 bits per heavy atom. The summed E-state index contributed by atoms with van der Waals surface area (Å²) in [5.74, 6) is 0. The molecule has 1 heterocycles. The van der Waals surface area contributed by atoms with E-state index in [0.29, 0.717) is 6.04 Å². The molecular formula is C14H17BrN2. The maximum absolute atomic E-state index is 4.76. The van der Waals surface area contributed by atoms with Crippen LogP contribution in [0.1, 0.15) is 32.0 Å². The molecular weight excluding hydrogens is 276 g/mol. The van der Waals surface area contributed by atoms with Crippen LogP contribution in [0.2, 0.25) is 0 Å². The van der Waals surface area contributed by atoms with Gasteiger partial charge >= 0.3 is 0 Å². The zero-order valence-electron chi connectivity index (χ0n) is 10.2. The van der Waals surface area contributed by atoms with E-state index in [1.54, 1.807) is 0 Å². The molecule has 3 heteroatoms. The van der Waals surface area contributed by atoms with Crippen LogP contribution < -0.4 is 5.32 Å². The number of nitrogens with zero attached hydrogens (tertiary/aromatic N) is 1. The molecule has 0 bridgehead atoms. The number of benzene rings is 1. The molecule has 0 radical (unpaired) electrons. The Labute approximate surface area is 111 Å². The van der Waals surface area contributed by atoms with E-state index in [2.05, 4.69) is 53.3 Å². The van der Waals surface area contributed by atoms with Crippen molar-refractivity contribution in [3.8, 4) is 0 Å². The van der Waals surface area contributed by atoms with Gasteiger partial charge in [0.2, 0.25) is 0 Å². The van der Waals surface area contributed by atoms with Crippen molar-refractivity contribution >= 4 is 26.8 Å². The molecule has 90 valence electrons. The van der Waals surface area contributed by atoms with Crippen LogP contribution >= 0.6 is 15.9 Å².